The second kappa shape index (κ2) is 6.21. The van der Waals surface area contributed by atoms with Crippen LogP contribution in [0.2, 0.25) is 0 Å². The summed E-state index contributed by atoms with van der Waals surface area (Å²) in [5.41, 5.74) is 0.678. The molecule has 3 heterocycles. The summed E-state index contributed by atoms with van der Waals surface area (Å²) < 4.78 is 5.41. The van der Waals surface area contributed by atoms with E-state index in [0.29, 0.717) is 11.6 Å². The lowest BCUT2D eigenvalue weighted by molar-refractivity contribution is 0.0115. The molecule has 1 aromatic heterocycles. The number of ether oxygens (including phenoxy) is 1. The normalized spacial score (nSPS) is 21.6. The first-order valence-corrected chi connectivity index (χ1v) is 7.30. The Labute approximate surface area is 119 Å². The number of aromatic nitrogens is 1. The van der Waals surface area contributed by atoms with Gasteiger partial charge in [-0.05, 0) is 25.0 Å². The van der Waals surface area contributed by atoms with E-state index in [1.54, 1.807) is 6.20 Å². The molecule has 2 fully saturated rings. The Morgan fingerprint density at radius 1 is 1.20 bits per heavy atom. The van der Waals surface area contributed by atoms with Gasteiger partial charge in [0.25, 0.3) is 0 Å². The van der Waals surface area contributed by atoms with Gasteiger partial charge in [0, 0.05) is 38.4 Å². The van der Waals surface area contributed by atoms with Gasteiger partial charge in [-0.25, -0.2) is 4.98 Å². The maximum absolute atomic E-state index is 9.17. The molecule has 0 unspecified atom stereocenters. The number of pyridine rings is 1. The molecule has 0 amide bonds. The van der Waals surface area contributed by atoms with Crippen LogP contribution < -0.4 is 4.90 Å². The predicted molar refractivity (Wildman–Crippen MR) is 76.6 cm³/mol. The zero-order chi connectivity index (χ0) is 13.8. The van der Waals surface area contributed by atoms with Gasteiger partial charge in [0.1, 0.15) is 11.9 Å². The highest BCUT2D eigenvalue weighted by atomic mass is 16.5. The van der Waals surface area contributed by atoms with Gasteiger partial charge in [0.15, 0.2) is 0 Å². The van der Waals surface area contributed by atoms with Crippen molar-refractivity contribution < 1.29 is 4.74 Å². The molecule has 5 heteroatoms. The van der Waals surface area contributed by atoms with Crippen molar-refractivity contribution in [3.05, 3.63) is 23.9 Å². The van der Waals surface area contributed by atoms with Crippen LogP contribution >= 0.6 is 0 Å². The fourth-order valence-corrected chi connectivity index (χ4v) is 3.12. The monoisotopic (exact) mass is 272 g/mol. The van der Waals surface area contributed by atoms with Crippen LogP contribution in [0.5, 0.6) is 0 Å². The summed E-state index contributed by atoms with van der Waals surface area (Å²) in [6.45, 7) is 5.79. The summed E-state index contributed by atoms with van der Waals surface area (Å²) in [6.07, 6.45) is 4.05. The third-order valence-corrected chi connectivity index (χ3v) is 4.23. The van der Waals surface area contributed by atoms with Crippen molar-refractivity contribution in [3.8, 4) is 6.07 Å². The Morgan fingerprint density at radius 3 is 2.65 bits per heavy atom. The van der Waals surface area contributed by atoms with Crippen LogP contribution in [0.25, 0.3) is 0 Å². The van der Waals surface area contributed by atoms with Crippen molar-refractivity contribution in [1.82, 2.24) is 9.88 Å². The van der Waals surface area contributed by atoms with E-state index in [2.05, 4.69) is 20.9 Å². The first kappa shape index (κ1) is 13.3. The third kappa shape index (κ3) is 2.77. The number of nitrogens with zero attached hydrogens (tertiary/aromatic N) is 4. The molecule has 0 aliphatic carbocycles. The minimum absolute atomic E-state index is 0.657. The molecule has 20 heavy (non-hydrogen) atoms. The van der Waals surface area contributed by atoms with Crippen LogP contribution in [0.3, 0.4) is 0 Å². The Balaban J connectivity index is 1.62. The maximum atomic E-state index is 9.17. The molecule has 0 N–H and O–H groups in total. The second-order valence-electron chi connectivity index (χ2n) is 5.35. The summed E-state index contributed by atoms with van der Waals surface area (Å²) in [7, 11) is 0. The molecule has 3 rings (SSSR count). The first-order chi connectivity index (χ1) is 9.88. The average Bonchev–Trinajstić information content (AvgIpc) is 2.56. The van der Waals surface area contributed by atoms with Gasteiger partial charge >= 0.3 is 0 Å². The molecule has 0 spiro atoms. The number of hydrogen-bond donors (Lipinski definition) is 0. The van der Waals surface area contributed by atoms with Gasteiger partial charge in [0.2, 0.25) is 0 Å². The van der Waals surface area contributed by atoms with E-state index in [0.717, 1.165) is 58.1 Å². The van der Waals surface area contributed by atoms with Crippen LogP contribution in [0, 0.1) is 11.3 Å². The Hall–Kier alpha value is -1.64. The number of nitriles is 1. The molecular weight excluding hydrogens is 252 g/mol. The molecule has 106 valence electrons. The zero-order valence-corrected chi connectivity index (χ0v) is 11.7. The van der Waals surface area contributed by atoms with Crippen LogP contribution in [0.1, 0.15) is 18.4 Å². The van der Waals surface area contributed by atoms with Gasteiger partial charge in [-0.2, -0.15) is 5.26 Å². The van der Waals surface area contributed by atoms with Crippen molar-refractivity contribution in [2.75, 3.05) is 44.3 Å². The molecule has 2 aliphatic rings. The number of rotatable bonds is 2. The van der Waals surface area contributed by atoms with E-state index >= 15 is 0 Å². The molecular formula is C15H20N4O. The highest BCUT2D eigenvalue weighted by Crippen LogP contribution is 2.23. The molecule has 0 bridgehead atoms. The third-order valence-electron chi connectivity index (χ3n) is 4.23. The quantitative estimate of drug-likeness (QED) is 0.811. The van der Waals surface area contributed by atoms with E-state index in [1.807, 2.05) is 12.1 Å². The SMILES string of the molecule is N#Cc1cccnc1N1CCC(N2CCOCC2)CC1. The largest absolute Gasteiger partial charge is 0.379 e. The second-order valence-corrected chi connectivity index (χ2v) is 5.35. The highest BCUT2D eigenvalue weighted by molar-refractivity contribution is 5.53. The van der Waals surface area contributed by atoms with Crippen LogP contribution in [-0.2, 0) is 4.74 Å². The van der Waals surface area contributed by atoms with Crippen molar-refractivity contribution in [2.45, 2.75) is 18.9 Å². The van der Waals surface area contributed by atoms with Crippen molar-refractivity contribution in [1.29, 1.82) is 5.26 Å². The van der Waals surface area contributed by atoms with Crippen LogP contribution in [0.15, 0.2) is 18.3 Å². The molecule has 5 nitrogen and oxygen atoms in total. The summed E-state index contributed by atoms with van der Waals surface area (Å²) >= 11 is 0. The summed E-state index contributed by atoms with van der Waals surface area (Å²) in [5.74, 6) is 0.843. The average molecular weight is 272 g/mol. The van der Waals surface area contributed by atoms with E-state index in [9.17, 15) is 0 Å². The fourth-order valence-electron chi connectivity index (χ4n) is 3.12. The minimum atomic E-state index is 0.657. The number of hydrogen-bond acceptors (Lipinski definition) is 5. The zero-order valence-electron chi connectivity index (χ0n) is 11.7. The summed E-state index contributed by atoms with van der Waals surface area (Å²) in [6, 6.07) is 6.56. The van der Waals surface area contributed by atoms with Gasteiger partial charge in [-0.3, -0.25) is 4.90 Å². The highest BCUT2D eigenvalue weighted by Gasteiger charge is 2.27. The smallest absolute Gasteiger partial charge is 0.146 e. The molecule has 0 radical (unpaired) electrons. The van der Waals surface area contributed by atoms with Crippen molar-refractivity contribution in [2.24, 2.45) is 0 Å². The maximum Gasteiger partial charge on any atom is 0.146 e. The molecule has 2 saturated heterocycles. The lowest BCUT2D eigenvalue weighted by Crippen LogP contribution is -2.49. The van der Waals surface area contributed by atoms with E-state index < -0.39 is 0 Å². The summed E-state index contributed by atoms with van der Waals surface area (Å²) in [5, 5.41) is 9.17. The lowest BCUT2D eigenvalue weighted by atomic mass is 10.0. The molecule has 0 aromatic carbocycles. The number of morpholine rings is 1. The van der Waals surface area contributed by atoms with E-state index in [1.165, 1.54) is 0 Å². The summed E-state index contributed by atoms with van der Waals surface area (Å²) in [4.78, 5) is 9.17. The van der Waals surface area contributed by atoms with Crippen molar-refractivity contribution in [3.63, 3.8) is 0 Å². The number of anilines is 1. The molecule has 2 aliphatic heterocycles. The standard InChI is InChI=1S/C15H20N4O/c16-12-13-2-1-5-17-15(13)19-6-3-14(4-7-19)18-8-10-20-11-9-18/h1-2,5,14H,3-4,6-11H2. The predicted octanol–water partition coefficient (Wildman–Crippen LogP) is 1.25. The fraction of sp³-hybridized carbons (Fsp3) is 0.600. The minimum Gasteiger partial charge on any atom is -0.379 e. The lowest BCUT2D eigenvalue weighted by Gasteiger charge is -2.40. The van der Waals surface area contributed by atoms with Gasteiger partial charge < -0.3 is 9.64 Å². The van der Waals surface area contributed by atoms with Gasteiger partial charge in [-0.15, -0.1) is 0 Å². The number of piperidine rings is 1. The molecule has 0 atom stereocenters. The molecule has 1 aromatic rings. The van der Waals surface area contributed by atoms with Crippen molar-refractivity contribution >= 4 is 5.82 Å². The van der Waals surface area contributed by atoms with Crippen LogP contribution in [0.4, 0.5) is 5.82 Å². The topological polar surface area (TPSA) is 52.4 Å². The first-order valence-electron chi connectivity index (χ1n) is 7.30. The van der Waals surface area contributed by atoms with Gasteiger partial charge in [0.05, 0.1) is 18.8 Å². The van der Waals surface area contributed by atoms with E-state index in [-0.39, 0.29) is 0 Å². The Morgan fingerprint density at radius 2 is 1.95 bits per heavy atom. The van der Waals surface area contributed by atoms with Gasteiger partial charge in [-0.1, -0.05) is 0 Å². The molecule has 0 saturated carbocycles. The van der Waals surface area contributed by atoms with E-state index in [4.69, 9.17) is 10.00 Å². The van der Waals surface area contributed by atoms with Crippen LogP contribution in [-0.4, -0.2) is 55.3 Å². The Bertz CT molecular complexity index is 485. The Kier molecular flexibility index (Phi) is 4.14.